The van der Waals surface area contributed by atoms with Gasteiger partial charge in [-0.05, 0) is 49.7 Å². The number of rotatable bonds is 5. The van der Waals surface area contributed by atoms with Crippen molar-refractivity contribution in [3.05, 3.63) is 70.5 Å². The monoisotopic (exact) mass is 382 g/mol. The number of anilines is 3. The minimum atomic E-state index is -0.355. The Balaban J connectivity index is 1.86. The summed E-state index contributed by atoms with van der Waals surface area (Å²) in [5, 5.41) is 6.43. The normalized spacial score (nSPS) is 10.4. The predicted octanol–water partition coefficient (Wildman–Crippen LogP) is 4.75. The van der Waals surface area contributed by atoms with Crippen molar-refractivity contribution in [2.75, 3.05) is 17.7 Å². The van der Waals surface area contributed by atoms with Crippen LogP contribution < -0.4 is 15.4 Å². The first-order chi connectivity index (χ1) is 13.0. The number of ether oxygens (including phenoxy) is 1. The molecule has 3 rings (SSSR count). The van der Waals surface area contributed by atoms with E-state index in [4.69, 9.17) is 16.3 Å². The van der Waals surface area contributed by atoms with Gasteiger partial charge in [-0.2, -0.15) is 0 Å². The summed E-state index contributed by atoms with van der Waals surface area (Å²) in [6, 6.07) is 14.4. The van der Waals surface area contributed by atoms with E-state index in [-0.39, 0.29) is 11.6 Å². The van der Waals surface area contributed by atoms with E-state index in [1.807, 2.05) is 37.3 Å². The molecular formula is C20H19ClN4O2. The zero-order chi connectivity index (χ0) is 19.4. The molecule has 0 unspecified atom stereocenters. The molecule has 138 valence electrons. The Kier molecular flexibility index (Phi) is 5.57. The minimum Gasteiger partial charge on any atom is -0.495 e. The van der Waals surface area contributed by atoms with Crippen LogP contribution in [0.3, 0.4) is 0 Å². The van der Waals surface area contributed by atoms with E-state index in [0.29, 0.717) is 33.8 Å². The number of halogens is 1. The summed E-state index contributed by atoms with van der Waals surface area (Å²) in [6.45, 7) is 3.74. The highest BCUT2D eigenvalue weighted by Gasteiger charge is 2.14. The number of hydrogen-bond donors (Lipinski definition) is 2. The summed E-state index contributed by atoms with van der Waals surface area (Å²) in [6.07, 6.45) is 0. The number of amides is 1. The second kappa shape index (κ2) is 8.05. The van der Waals surface area contributed by atoms with E-state index >= 15 is 0 Å². The molecule has 0 aliphatic rings. The van der Waals surface area contributed by atoms with Gasteiger partial charge in [-0.1, -0.05) is 29.8 Å². The summed E-state index contributed by atoms with van der Waals surface area (Å²) in [5.74, 6) is 0.519. The zero-order valence-electron chi connectivity index (χ0n) is 15.2. The van der Waals surface area contributed by atoms with Crippen LogP contribution in [0, 0.1) is 13.8 Å². The Hall–Kier alpha value is -3.12. The molecule has 0 fully saturated rings. The van der Waals surface area contributed by atoms with Crippen LogP contribution in [0.2, 0.25) is 5.02 Å². The lowest BCUT2D eigenvalue weighted by Gasteiger charge is -2.12. The summed E-state index contributed by atoms with van der Waals surface area (Å²) < 4.78 is 5.30. The van der Waals surface area contributed by atoms with Gasteiger partial charge >= 0.3 is 0 Å². The molecule has 7 heteroatoms. The fourth-order valence-electron chi connectivity index (χ4n) is 2.53. The summed E-state index contributed by atoms with van der Waals surface area (Å²) in [5.41, 5.74) is 3.14. The average Bonchev–Trinajstić information content (AvgIpc) is 2.63. The van der Waals surface area contributed by atoms with Crippen molar-refractivity contribution < 1.29 is 9.53 Å². The molecule has 0 atom stereocenters. The smallest absolute Gasteiger partial charge is 0.274 e. The number of aryl methyl sites for hydroxylation is 2. The predicted molar refractivity (Wildman–Crippen MR) is 107 cm³/mol. The van der Waals surface area contributed by atoms with Gasteiger partial charge in [0, 0.05) is 5.69 Å². The molecule has 0 aliphatic heterocycles. The van der Waals surface area contributed by atoms with Gasteiger partial charge in [0.15, 0.2) is 0 Å². The van der Waals surface area contributed by atoms with E-state index in [1.165, 1.54) is 0 Å². The largest absolute Gasteiger partial charge is 0.495 e. The number of methoxy groups -OCH3 is 1. The fraction of sp³-hybridized carbons (Fsp3) is 0.150. The number of nitrogens with zero attached hydrogens (tertiary/aromatic N) is 2. The Bertz CT molecular complexity index is 991. The fourth-order valence-corrected chi connectivity index (χ4v) is 2.71. The van der Waals surface area contributed by atoms with Crippen LogP contribution in [-0.2, 0) is 0 Å². The molecule has 2 aromatic carbocycles. The van der Waals surface area contributed by atoms with Gasteiger partial charge in [0.25, 0.3) is 5.91 Å². The van der Waals surface area contributed by atoms with Crippen LogP contribution in [0.4, 0.5) is 17.3 Å². The van der Waals surface area contributed by atoms with E-state index < -0.39 is 0 Å². The van der Waals surface area contributed by atoms with Crippen molar-refractivity contribution in [3.63, 3.8) is 0 Å². The Morgan fingerprint density at radius 3 is 2.56 bits per heavy atom. The van der Waals surface area contributed by atoms with Crippen molar-refractivity contribution >= 4 is 34.8 Å². The van der Waals surface area contributed by atoms with E-state index in [1.54, 1.807) is 32.2 Å². The number of hydrogen-bond acceptors (Lipinski definition) is 5. The maximum Gasteiger partial charge on any atom is 0.274 e. The third kappa shape index (κ3) is 4.54. The topological polar surface area (TPSA) is 76.1 Å². The molecule has 1 heterocycles. The van der Waals surface area contributed by atoms with Gasteiger partial charge in [0.05, 0.1) is 23.5 Å². The molecule has 3 aromatic rings. The molecule has 0 aliphatic carbocycles. The van der Waals surface area contributed by atoms with Gasteiger partial charge in [-0.3, -0.25) is 4.79 Å². The molecule has 1 amide bonds. The molecular weight excluding hydrogens is 364 g/mol. The Morgan fingerprint density at radius 2 is 1.81 bits per heavy atom. The van der Waals surface area contributed by atoms with E-state index in [0.717, 1.165) is 5.56 Å². The second-order valence-electron chi connectivity index (χ2n) is 5.98. The minimum absolute atomic E-state index is 0.237. The van der Waals surface area contributed by atoms with Gasteiger partial charge < -0.3 is 15.4 Å². The lowest BCUT2D eigenvalue weighted by atomic mass is 10.2. The van der Waals surface area contributed by atoms with Crippen LogP contribution in [0.1, 0.15) is 21.7 Å². The molecule has 0 saturated carbocycles. The molecule has 0 spiro atoms. The summed E-state index contributed by atoms with van der Waals surface area (Å²) >= 11 is 6.16. The highest BCUT2D eigenvalue weighted by molar-refractivity contribution is 6.33. The molecule has 0 radical (unpaired) electrons. The Labute approximate surface area is 162 Å². The van der Waals surface area contributed by atoms with Crippen LogP contribution in [-0.4, -0.2) is 23.0 Å². The van der Waals surface area contributed by atoms with Crippen LogP contribution in [0.25, 0.3) is 0 Å². The highest BCUT2D eigenvalue weighted by atomic mass is 35.5. The molecule has 0 saturated heterocycles. The van der Waals surface area contributed by atoms with Crippen molar-refractivity contribution in [3.8, 4) is 5.75 Å². The quantitative estimate of drug-likeness (QED) is 0.665. The van der Waals surface area contributed by atoms with Crippen LogP contribution in [0.5, 0.6) is 5.75 Å². The zero-order valence-corrected chi connectivity index (χ0v) is 16.0. The first-order valence-corrected chi connectivity index (χ1v) is 8.67. The summed E-state index contributed by atoms with van der Waals surface area (Å²) in [4.78, 5) is 21.3. The standard InChI is InChI=1S/C20H19ClN4O2/c1-12-8-9-18(27-3)16(10-12)23-19(26)17-11-13(2)22-20(25-17)24-15-7-5-4-6-14(15)21/h4-11H,1-3H3,(H,23,26)(H,22,24,25). The molecule has 27 heavy (non-hydrogen) atoms. The molecule has 2 N–H and O–H groups in total. The molecule has 0 bridgehead atoms. The van der Waals surface area contributed by atoms with Gasteiger partial charge in [-0.15, -0.1) is 0 Å². The number of para-hydroxylation sites is 1. The highest BCUT2D eigenvalue weighted by Crippen LogP contribution is 2.26. The SMILES string of the molecule is COc1ccc(C)cc1NC(=O)c1cc(C)nc(Nc2ccccc2Cl)n1. The number of carbonyl (C=O) groups excluding carboxylic acids is 1. The maximum atomic E-state index is 12.7. The number of nitrogens with one attached hydrogen (secondary N) is 2. The number of carbonyl (C=O) groups is 1. The number of aromatic nitrogens is 2. The van der Waals surface area contributed by atoms with E-state index in [9.17, 15) is 4.79 Å². The van der Waals surface area contributed by atoms with Crippen molar-refractivity contribution in [2.24, 2.45) is 0 Å². The average molecular weight is 383 g/mol. The van der Waals surface area contributed by atoms with Gasteiger partial charge in [-0.25, -0.2) is 9.97 Å². The Morgan fingerprint density at radius 1 is 1.04 bits per heavy atom. The number of benzene rings is 2. The lowest BCUT2D eigenvalue weighted by Crippen LogP contribution is -2.16. The lowest BCUT2D eigenvalue weighted by molar-refractivity contribution is 0.102. The molecule has 1 aromatic heterocycles. The first-order valence-electron chi connectivity index (χ1n) is 8.29. The molecule has 6 nitrogen and oxygen atoms in total. The van der Waals surface area contributed by atoms with Crippen molar-refractivity contribution in [1.29, 1.82) is 0 Å². The van der Waals surface area contributed by atoms with Crippen LogP contribution in [0.15, 0.2) is 48.5 Å². The van der Waals surface area contributed by atoms with Crippen molar-refractivity contribution in [2.45, 2.75) is 13.8 Å². The van der Waals surface area contributed by atoms with Gasteiger partial charge in [0.1, 0.15) is 11.4 Å². The van der Waals surface area contributed by atoms with E-state index in [2.05, 4.69) is 20.6 Å². The summed E-state index contributed by atoms with van der Waals surface area (Å²) in [7, 11) is 1.56. The van der Waals surface area contributed by atoms with Crippen LogP contribution >= 0.6 is 11.6 Å². The maximum absolute atomic E-state index is 12.7. The second-order valence-corrected chi connectivity index (χ2v) is 6.39. The third-order valence-corrected chi connectivity index (χ3v) is 4.14. The van der Waals surface area contributed by atoms with Crippen molar-refractivity contribution in [1.82, 2.24) is 9.97 Å². The van der Waals surface area contributed by atoms with Gasteiger partial charge in [0.2, 0.25) is 5.95 Å². The third-order valence-electron chi connectivity index (χ3n) is 3.81. The first kappa shape index (κ1) is 18.7.